The first-order valence-electron chi connectivity index (χ1n) is 8.56. The number of hydrogen-bond acceptors (Lipinski definition) is 5. The molecule has 0 saturated heterocycles. The van der Waals surface area contributed by atoms with Crippen molar-refractivity contribution in [1.82, 2.24) is 20.3 Å². The Kier molecular flexibility index (Phi) is 5.89. The van der Waals surface area contributed by atoms with Crippen LogP contribution in [0, 0.1) is 0 Å². The quantitative estimate of drug-likeness (QED) is 0.685. The lowest BCUT2D eigenvalue weighted by Crippen LogP contribution is -2.27. The molecular formula is C21H21N5O. The van der Waals surface area contributed by atoms with E-state index in [1.807, 2.05) is 61.5 Å². The summed E-state index contributed by atoms with van der Waals surface area (Å²) >= 11 is 0. The van der Waals surface area contributed by atoms with E-state index in [1.54, 1.807) is 30.9 Å². The van der Waals surface area contributed by atoms with E-state index in [2.05, 4.69) is 20.3 Å². The maximum Gasteiger partial charge on any atom is 0.244 e. The highest BCUT2D eigenvalue weighted by Gasteiger charge is 2.15. The summed E-state index contributed by atoms with van der Waals surface area (Å²) in [6.07, 6.45) is 10.00. The fourth-order valence-electron chi connectivity index (χ4n) is 2.57. The molecular weight excluding hydrogens is 338 g/mol. The van der Waals surface area contributed by atoms with Crippen molar-refractivity contribution in [1.29, 1.82) is 0 Å². The van der Waals surface area contributed by atoms with Crippen molar-refractivity contribution in [2.45, 2.75) is 6.04 Å². The van der Waals surface area contributed by atoms with Crippen molar-refractivity contribution in [3.05, 3.63) is 90.0 Å². The van der Waals surface area contributed by atoms with Gasteiger partial charge < -0.3 is 10.2 Å². The van der Waals surface area contributed by atoms with Crippen LogP contribution in [0.5, 0.6) is 0 Å². The molecule has 1 aromatic carbocycles. The number of carbonyl (C=O) groups is 1. The molecule has 6 heteroatoms. The highest BCUT2D eigenvalue weighted by atomic mass is 16.1. The van der Waals surface area contributed by atoms with E-state index in [1.165, 1.54) is 6.08 Å². The van der Waals surface area contributed by atoms with Gasteiger partial charge in [-0.2, -0.15) is 0 Å². The summed E-state index contributed by atoms with van der Waals surface area (Å²) in [4.78, 5) is 26.8. The summed E-state index contributed by atoms with van der Waals surface area (Å²) in [6, 6.07) is 13.4. The monoisotopic (exact) mass is 359 g/mol. The third-order valence-corrected chi connectivity index (χ3v) is 3.94. The van der Waals surface area contributed by atoms with Crippen LogP contribution in [0.2, 0.25) is 0 Å². The summed E-state index contributed by atoms with van der Waals surface area (Å²) in [7, 11) is 3.75. The smallest absolute Gasteiger partial charge is 0.244 e. The molecule has 6 nitrogen and oxygen atoms in total. The van der Waals surface area contributed by atoms with E-state index < -0.39 is 0 Å². The highest BCUT2D eigenvalue weighted by molar-refractivity contribution is 5.92. The SMILES string of the molecule is CN(C)c1ncc(C=CC(=O)NC(c2ccccc2)c2ccncc2)cn1. The van der Waals surface area contributed by atoms with Crippen LogP contribution in [0.25, 0.3) is 6.08 Å². The normalized spacial score (nSPS) is 11.9. The fourth-order valence-corrected chi connectivity index (χ4v) is 2.57. The zero-order chi connectivity index (χ0) is 19.1. The van der Waals surface area contributed by atoms with Crippen LogP contribution in [0.3, 0.4) is 0 Å². The van der Waals surface area contributed by atoms with Gasteiger partial charge >= 0.3 is 0 Å². The van der Waals surface area contributed by atoms with Crippen LogP contribution in [-0.4, -0.2) is 35.0 Å². The van der Waals surface area contributed by atoms with Gasteiger partial charge in [0, 0.05) is 50.5 Å². The largest absolute Gasteiger partial charge is 0.347 e. The predicted octanol–water partition coefficient (Wildman–Crippen LogP) is 2.86. The third-order valence-electron chi connectivity index (χ3n) is 3.94. The van der Waals surface area contributed by atoms with E-state index >= 15 is 0 Å². The summed E-state index contributed by atoms with van der Waals surface area (Å²) in [5, 5.41) is 3.05. The number of anilines is 1. The first-order valence-corrected chi connectivity index (χ1v) is 8.56. The van der Waals surface area contributed by atoms with E-state index in [0.29, 0.717) is 5.95 Å². The number of carbonyl (C=O) groups excluding carboxylic acids is 1. The average Bonchev–Trinajstić information content (AvgIpc) is 2.72. The lowest BCUT2D eigenvalue weighted by Gasteiger charge is -2.18. The summed E-state index contributed by atoms with van der Waals surface area (Å²) in [5.74, 6) is 0.427. The zero-order valence-electron chi connectivity index (χ0n) is 15.3. The maximum absolute atomic E-state index is 12.5. The molecule has 3 aromatic rings. The molecule has 2 aromatic heterocycles. The second-order valence-corrected chi connectivity index (χ2v) is 6.18. The Hall–Kier alpha value is -3.54. The molecule has 1 N–H and O–H groups in total. The number of pyridine rings is 1. The molecule has 0 aliphatic heterocycles. The van der Waals surface area contributed by atoms with Gasteiger partial charge in [-0.25, -0.2) is 9.97 Å². The molecule has 0 aliphatic rings. The van der Waals surface area contributed by atoms with E-state index in [-0.39, 0.29) is 11.9 Å². The molecule has 0 spiro atoms. The number of aromatic nitrogens is 3. The van der Waals surface area contributed by atoms with Crippen molar-refractivity contribution >= 4 is 17.9 Å². The molecule has 1 amide bonds. The number of nitrogens with zero attached hydrogens (tertiary/aromatic N) is 4. The Morgan fingerprint density at radius 2 is 1.63 bits per heavy atom. The van der Waals surface area contributed by atoms with Gasteiger partial charge in [0.25, 0.3) is 0 Å². The van der Waals surface area contributed by atoms with E-state index in [4.69, 9.17) is 0 Å². The van der Waals surface area contributed by atoms with Gasteiger partial charge in [-0.15, -0.1) is 0 Å². The van der Waals surface area contributed by atoms with Crippen molar-refractivity contribution in [3.63, 3.8) is 0 Å². The van der Waals surface area contributed by atoms with Crippen molar-refractivity contribution < 1.29 is 4.79 Å². The van der Waals surface area contributed by atoms with Crippen LogP contribution >= 0.6 is 0 Å². The van der Waals surface area contributed by atoms with Crippen LogP contribution in [0.15, 0.2) is 73.3 Å². The second kappa shape index (κ2) is 8.71. The number of nitrogens with one attached hydrogen (secondary N) is 1. The Labute approximate surface area is 158 Å². The Morgan fingerprint density at radius 1 is 1.00 bits per heavy atom. The van der Waals surface area contributed by atoms with Crippen LogP contribution < -0.4 is 10.2 Å². The molecule has 0 bridgehead atoms. The lowest BCUT2D eigenvalue weighted by atomic mass is 9.99. The maximum atomic E-state index is 12.5. The molecule has 3 rings (SSSR count). The van der Waals surface area contributed by atoms with Gasteiger partial charge in [-0.05, 0) is 29.3 Å². The van der Waals surface area contributed by atoms with Crippen molar-refractivity contribution in [2.24, 2.45) is 0 Å². The molecule has 27 heavy (non-hydrogen) atoms. The number of rotatable bonds is 6. The van der Waals surface area contributed by atoms with Gasteiger partial charge in [-0.1, -0.05) is 30.3 Å². The highest BCUT2D eigenvalue weighted by Crippen LogP contribution is 2.21. The number of hydrogen-bond donors (Lipinski definition) is 1. The molecule has 136 valence electrons. The molecule has 2 heterocycles. The van der Waals surface area contributed by atoms with Gasteiger partial charge in [0.05, 0.1) is 6.04 Å². The summed E-state index contributed by atoms with van der Waals surface area (Å²) in [6.45, 7) is 0. The number of amides is 1. The van der Waals surface area contributed by atoms with Gasteiger partial charge in [0.15, 0.2) is 0 Å². The van der Waals surface area contributed by atoms with Crippen LogP contribution in [0.1, 0.15) is 22.7 Å². The standard InChI is InChI=1S/C21H21N5O/c1-26(2)21-23-14-16(15-24-21)8-9-19(27)25-20(17-6-4-3-5-7-17)18-10-12-22-13-11-18/h3-15,20H,1-2H3,(H,25,27). The van der Waals surface area contributed by atoms with Crippen LogP contribution in [-0.2, 0) is 4.79 Å². The first kappa shape index (κ1) is 18.3. The molecule has 1 atom stereocenters. The zero-order valence-corrected chi connectivity index (χ0v) is 15.3. The van der Waals surface area contributed by atoms with Crippen molar-refractivity contribution in [3.8, 4) is 0 Å². The van der Waals surface area contributed by atoms with E-state index in [0.717, 1.165) is 16.7 Å². The van der Waals surface area contributed by atoms with Gasteiger partial charge in [0.1, 0.15) is 0 Å². The van der Waals surface area contributed by atoms with Crippen molar-refractivity contribution in [2.75, 3.05) is 19.0 Å². The minimum atomic E-state index is -0.251. The lowest BCUT2D eigenvalue weighted by molar-refractivity contribution is -0.116. The second-order valence-electron chi connectivity index (χ2n) is 6.18. The van der Waals surface area contributed by atoms with Gasteiger partial charge in [0.2, 0.25) is 11.9 Å². The van der Waals surface area contributed by atoms with Gasteiger partial charge in [-0.3, -0.25) is 9.78 Å². The molecule has 0 radical (unpaired) electrons. The Morgan fingerprint density at radius 3 is 2.26 bits per heavy atom. The predicted molar refractivity (Wildman–Crippen MR) is 106 cm³/mol. The molecule has 0 fully saturated rings. The summed E-state index contributed by atoms with van der Waals surface area (Å²) in [5.41, 5.74) is 2.73. The summed E-state index contributed by atoms with van der Waals surface area (Å²) < 4.78 is 0. The molecule has 1 unspecified atom stereocenters. The molecule has 0 saturated carbocycles. The molecule has 0 aliphatic carbocycles. The average molecular weight is 359 g/mol. The Balaban J connectivity index is 1.75. The topological polar surface area (TPSA) is 71.0 Å². The minimum absolute atomic E-state index is 0.197. The third kappa shape index (κ3) is 4.98. The fraction of sp³-hybridized carbons (Fsp3) is 0.143. The van der Waals surface area contributed by atoms with Crippen LogP contribution in [0.4, 0.5) is 5.95 Å². The minimum Gasteiger partial charge on any atom is -0.347 e. The Bertz CT molecular complexity index is 853. The first-order chi connectivity index (χ1) is 13.1. The number of benzene rings is 1. The van der Waals surface area contributed by atoms with E-state index in [9.17, 15) is 4.79 Å².